The molecular weight excluding hydrogens is 162 g/mol. The van der Waals surface area contributed by atoms with Gasteiger partial charge in [0.2, 0.25) is 0 Å². The fraction of sp³-hybridized carbons (Fsp3) is 0.545. The van der Waals surface area contributed by atoms with Gasteiger partial charge in [-0.3, -0.25) is 4.98 Å². The highest BCUT2D eigenvalue weighted by Gasteiger charge is 2.24. The minimum absolute atomic E-state index is 0.478. The monoisotopic (exact) mass is 177 g/mol. The van der Waals surface area contributed by atoms with Gasteiger partial charge in [-0.2, -0.15) is 0 Å². The number of nitrogens with zero attached hydrogens (tertiary/aromatic N) is 1. The molecule has 0 N–H and O–H groups in total. The minimum atomic E-state index is 0.478. The molecule has 1 saturated carbocycles. The largest absolute Gasteiger partial charge is 0.490 e. The summed E-state index contributed by atoms with van der Waals surface area (Å²) in [5.74, 6) is 1.02. The molecule has 0 spiro atoms. The molecule has 0 radical (unpaired) electrons. The van der Waals surface area contributed by atoms with Gasteiger partial charge in [-0.05, 0) is 32.3 Å². The van der Waals surface area contributed by atoms with Crippen molar-refractivity contribution in [3.8, 4) is 5.75 Å². The number of hydrogen-bond donors (Lipinski definition) is 0. The fourth-order valence-electron chi connectivity index (χ4n) is 1.41. The van der Waals surface area contributed by atoms with Crippen LogP contribution in [0.15, 0.2) is 12.3 Å². The summed E-state index contributed by atoms with van der Waals surface area (Å²) in [5.41, 5.74) is 2.36. The van der Waals surface area contributed by atoms with Crippen molar-refractivity contribution in [3.05, 3.63) is 23.5 Å². The van der Waals surface area contributed by atoms with E-state index in [0.29, 0.717) is 6.10 Å². The normalized spacial score (nSPS) is 15.8. The Bertz CT molecular complexity index is 305. The second-order valence-electron chi connectivity index (χ2n) is 3.55. The molecule has 70 valence electrons. The smallest absolute Gasteiger partial charge is 0.125 e. The van der Waals surface area contributed by atoms with Crippen LogP contribution >= 0.6 is 0 Å². The summed E-state index contributed by atoms with van der Waals surface area (Å²) in [5, 5.41) is 0. The zero-order valence-corrected chi connectivity index (χ0v) is 8.21. The van der Waals surface area contributed by atoms with Gasteiger partial charge in [0.25, 0.3) is 0 Å². The predicted octanol–water partition coefficient (Wildman–Crippen LogP) is 2.49. The lowest BCUT2D eigenvalue weighted by molar-refractivity contribution is 0.300. The van der Waals surface area contributed by atoms with Gasteiger partial charge in [0, 0.05) is 17.5 Å². The Balaban J connectivity index is 2.22. The van der Waals surface area contributed by atoms with E-state index in [-0.39, 0.29) is 0 Å². The number of ether oxygens (including phenoxy) is 1. The van der Waals surface area contributed by atoms with Crippen LogP contribution in [0.2, 0.25) is 0 Å². The maximum Gasteiger partial charge on any atom is 0.125 e. The molecule has 0 bridgehead atoms. The Morgan fingerprint density at radius 3 is 2.92 bits per heavy atom. The highest BCUT2D eigenvalue weighted by atomic mass is 16.5. The standard InChI is InChI=1S/C11H15NO/c1-3-10-8(2)11(6-7-12-10)13-9-4-5-9/h6-7,9H,3-5H2,1-2H3. The molecular formula is C11H15NO. The number of aryl methyl sites for hydroxylation is 1. The van der Waals surface area contributed by atoms with Crippen molar-refractivity contribution in [3.63, 3.8) is 0 Å². The van der Waals surface area contributed by atoms with Crippen LogP contribution in [-0.4, -0.2) is 11.1 Å². The summed E-state index contributed by atoms with van der Waals surface area (Å²) in [4.78, 5) is 4.31. The third-order valence-corrected chi connectivity index (χ3v) is 2.41. The van der Waals surface area contributed by atoms with Crippen molar-refractivity contribution in [2.45, 2.75) is 39.2 Å². The van der Waals surface area contributed by atoms with E-state index in [1.807, 2.05) is 12.3 Å². The van der Waals surface area contributed by atoms with E-state index >= 15 is 0 Å². The molecule has 2 heteroatoms. The van der Waals surface area contributed by atoms with Crippen molar-refractivity contribution in [1.82, 2.24) is 4.98 Å². The Morgan fingerprint density at radius 1 is 1.54 bits per heavy atom. The molecule has 0 unspecified atom stereocenters. The van der Waals surface area contributed by atoms with Crippen LogP contribution in [0.3, 0.4) is 0 Å². The van der Waals surface area contributed by atoms with Gasteiger partial charge >= 0.3 is 0 Å². The van der Waals surface area contributed by atoms with E-state index in [2.05, 4.69) is 18.8 Å². The summed E-state index contributed by atoms with van der Waals surface area (Å²) in [6, 6.07) is 1.97. The van der Waals surface area contributed by atoms with Crippen molar-refractivity contribution < 1.29 is 4.74 Å². The van der Waals surface area contributed by atoms with E-state index in [1.165, 1.54) is 18.4 Å². The Kier molecular flexibility index (Phi) is 2.21. The average Bonchev–Trinajstić information content (AvgIpc) is 2.92. The molecule has 0 atom stereocenters. The molecule has 1 aliphatic carbocycles. The summed E-state index contributed by atoms with van der Waals surface area (Å²) >= 11 is 0. The quantitative estimate of drug-likeness (QED) is 0.707. The van der Waals surface area contributed by atoms with Crippen molar-refractivity contribution >= 4 is 0 Å². The highest BCUT2D eigenvalue weighted by molar-refractivity contribution is 5.34. The third kappa shape index (κ3) is 1.82. The topological polar surface area (TPSA) is 22.1 Å². The van der Waals surface area contributed by atoms with Gasteiger partial charge in [0.05, 0.1) is 6.10 Å². The van der Waals surface area contributed by atoms with Crippen LogP contribution in [-0.2, 0) is 6.42 Å². The third-order valence-electron chi connectivity index (χ3n) is 2.41. The molecule has 13 heavy (non-hydrogen) atoms. The van der Waals surface area contributed by atoms with E-state index in [4.69, 9.17) is 4.74 Å². The first-order chi connectivity index (χ1) is 6.31. The summed E-state index contributed by atoms with van der Waals surface area (Å²) in [6.45, 7) is 4.21. The summed E-state index contributed by atoms with van der Waals surface area (Å²) in [6.07, 6.45) is 5.72. The number of rotatable bonds is 3. The van der Waals surface area contributed by atoms with Gasteiger partial charge in [-0.25, -0.2) is 0 Å². The second-order valence-corrected chi connectivity index (χ2v) is 3.55. The first-order valence-corrected chi connectivity index (χ1v) is 4.92. The van der Waals surface area contributed by atoms with Crippen molar-refractivity contribution in [2.24, 2.45) is 0 Å². The predicted molar refractivity (Wildman–Crippen MR) is 52.0 cm³/mol. The molecule has 0 aromatic carbocycles. The van der Waals surface area contributed by atoms with Gasteiger partial charge in [0.15, 0.2) is 0 Å². The maximum atomic E-state index is 5.76. The number of aromatic nitrogens is 1. The molecule has 1 fully saturated rings. The van der Waals surface area contributed by atoms with Crippen molar-refractivity contribution in [2.75, 3.05) is 0 Å². The van der Waals surface area contributed by atoms with Crippen LogP contribution in [0.4, 0.5) is 0 Å². The Morgan fingerprint density at radius 2 is 2.31 bits per heavy atom. The fourth-order valence-corrected chi connectivity index (χ4v) is 1.41. The van der Waals surface area contributed by atoms with Crippen LogP contribution in [0.5, 0.6) is 5.75 Å². The average molecular weight is 177 g/mol. The van der Waals surface area contributed by atoms with Gasteiger partial charge in [-0.15, -0.1) is 0 Å². The second kappa shape index (κ2) is 3.36. The lowest BCUT2D eigenvalue weighted by Gasteiger charge is -2.09. The molecule has 0 aliphatic heterocycles. The van der Waals surface area contributed by atoms with Crippen LogP contribution < -0.4 is 4.74 Å². The van der Waals surface area contributed by atoms with Crippen molar-refractivity contribution in [1.29, 1.82) is 0 Å². The molecule has 1 aromatic rings. The Hall–Kier alpha value is -1.05. The highest BCUT2D eigenvalue weighted by Crippen LogP contribution is 2.29. The number of hydrogen-bond acceptors (Lipinski definition) is 2. The lowest BCUT2D eigenvalue weighted by Crippen LogP contribution is -2.01. The lowest BCUT2D eigenvalue weighted by atomic mass is 10.1. The first kappa shape index (κ1) is 8.54. The Labute approximate surface area is 78.9 Å². The van der Waals surface area contributed by atoms with E-state index in [1.54, 1.807) is 0 Å². The van der Waals surface area contributed by atoms with E-state index < -0.39 is 0 Å². The van der Waals surface area contributed by atoms with Crippen LogP contribution in [0, 0.1) is 6.92 Å². The molecule has 2 nitrogen and oxygen atoms in total. The molecule has 0 saturated heterocycles. The SMILES string of the molecule is CCc1nccc(OC2CC2)c1C. The first-order valence-electron chi connectivity index (χ1n) is 4.92. The number of pyridine rings is 1. The van der Waals surface area contributed by atoms with Crippen LogP contribution in [0.1, 0.15) is 31.0 Å². The molecule has 1 aromatic heterocycles. The molecule has 1 aliphatic rings. The van der Waals surface area contributed by atoms with E-state index in [0.717, 1.165) is 17.9 Å². The summed E-state index contributed by atoms with van der Waals surface area (Å²) in [7, 11) is 0. The van der Waals surface area contributed by atoms with Gasteiger partial charge in [-0.1, -0.05) is 6.92 Å². The van der Waals surface area contributed by atoms with E-state index in [9.17, 15) is 0 Å². The van der Waals surface area contributed by atoms with Gasteiger partial charge in [0.1, 0.15) is 5.75 Å². The summed E-state index contributed by atoms with van der Waals surface area (Å²) < 4.78 is 5.76. The minimum Gasteiger partial charge on any atom is -0.490 e. The molecule has 1 heterocycles. The zero-order chi connectivity index (χ0) is 9.26. The van der Waals surface area contributed by atoms with Crippen LogP contribution in [0.25, 0.3) is 0 Å². The van der Waals surface area contributed by atoms with Gasteiger partial charge < -0.3 is 4.74 Å². The molecule has 2 rings (SSSR count). The molecule has 0 amide bonds. The zero-order valence-electron chi connectivity index (χ0n) is 8.21. The maximum absolute atomic E-state index is 5.76.